The van der Waals surface area contributed by atoms with Crippen LogP contribution in [0.5, 0.6) is 0 Å². The first-order chi connectivity index (χ1) is 6.71. The van der Waals surface area contributed by atoms with Gasteiger partial charge >= 0.3 is 5.97 Å². The van der Waals surface area contributed by atoms with Crippen molar-refractivity contribution < 1.29 is 19.4 Å². The van der Waals surface area contributed by atoms with E-state index in [0.29, 0.717) is 13.2 Å². The van der Waals surface area contributed by atoms with E-state index in [0.717, 1.165) is 0 Å². The molecule has 14 heavy (non-hydrogen) atoms. The Labute approximate surface area is 82.4 Å². The minimum absolute atomic E-state index is 0.0734. The first kappa shape index (κ1) is 11.0. The van der Waals surface area contributed by atoms with E-state index in [-0.39, 0.29) is 19.8 Å². The molecular formula is C9H13NO4. The number of carboxylic acids is 1. The lowest BCUT2D eigenvalue weighted by molar-refractivity contribution is -0.148. The summed E-state index contributed by atoms with van der Waals surface area (Å²) in [6.45, 7) is 1.15. The fourth-order valence-electron chi connectivity index (χ4n) is 1.17. The van der Waals surface area contributed by atoms with Crippen molar-refractivity contribution in [3.63, 3.8) is 0 Å². The highest BCUT2D eigenvalue weighted by Crippen LogP contribution is 2.10. The van der Waals surface area contributed by atoms with Gasteiger partial charge in [-0.05, 0) is 0 Å². The highest BCUT2D eigenvalue weighted by atomic mass is 16.5. The third-order valence-electron chi connectivity index (χ3n) is 2.01. The summed E-state index contributed by atoms with van der Waals surface area (Å²) in [7, 11) is 0. The molecule has 0 aromatic carbocycles. The minimum atomic E-state index is -1.21. The van der Waals surface area contributed by atoms with E-state index >= 15 is 0 Å². The van der Waals surface area contributed by atoms with Crippen molar-refractivity contribution in [2.24, 2.45) is 0 Å². The number of carbonyl (C=O) groups is 1. The van der Waals surface area contributed by atoms with Crippen molar-refractivity contribution in [1.82, 2.24) is 5.32 Å². The summed E-state index contributed by atoms with van der Waals surface area (Å²) >= 11 is 0. The number of hydrogen-bond acceptors (Lipinski definition) is 4. The van der Waals surface area contributed by atoms with Gasteiger partial charge in [0.15, 0.2) is 5.54 Å². The molecule has 0 aromatic rings. The average Bonchev–Trinajstić information content (AvgIpc) is 2.41. The molecule has 0 saturated carbocycles. The van der Waals surface area contributed by atoms with Crippen LogP contribution in [0.1, 0.15) is 0 Å². The molecule has 5 nitrogen and oxygen atoms in total. The maximum absolute atomic E-state index is 11.0. The Kier molecular flexibility index (Phi) is 3.89. The topological polar surface area (TPSA) is 67.8 Å². The molecule has 1 saturated heterocycles. The van der Waals surface area contributed by atoms with Gasteiger partial charge in [0, 0.05) is 0 Å². The molecule has 1 heterocycles. The number of ether oxygens (including phenoxy) is 2. The Morgan fingerprint density at radius 3 is 2.50 bits per heavy atom. The van der Waals surface area contributed by atoms with Gasteiger partial charge in [-0.15, -0.1) is 6.42 Å². The Morgan fingerprint density at radius 2 is 2.07 bits per heavy atom. The molecule has 0 radical (unpaired) electrons. The van der Waals surface area contributed by atoms with E-state index in [1.54, 1.807) is 0 Å². The predicted molar refractivity (Wildman–Crippen MR) is 48.8 cm³/mol. The fourth-order valence-corrected chi connectivity index (χ4v) is 1.17. The summed E-state index contributed by atoms with van der Waals surface area (Å²) in [5.74, 6) is 1.32. The van der Waals surface area contributed by atoms with Crippen molar-refractivity contribution in [1.29, 1.82) is 0 Å². The molecule has 0 spiro atoms. The van der Waals surface area contributed by atoms with E-state index in [9.17, 15) is 4.79 Å². The third-order valence-corrected chi connectivity index (χ3v) is 2.01. The number of nitrogens with one attached hydrogen (secondary N) is 1. The van der Waals surface area contributed by atoms with Gasteiger partial charge in [-0.1, -0.05) is 5.92 Å². The van der Waals surface area contributed by atoms with Gasteiger partial charge in [0.1, 0.15) is 0 Å². The highest BCUT2D eigenvalue weighted by Gasteiger charge is 2.40. The van der Waals surface area contributed by atoms with Gasteiger partial charge in [0.2, 0.25) is 0 Å². The van der Waals surface area contributed by atoms with Crippen molar-refractivity contribution in [3.05, 3.63) is 0 Å². The summed E-state index contributed by atoms with van der Waals surface area (Å²) in [5, 5.41) is 11.8. The smallest absolute Gasteiger partial charge is 0.328 e. The van der Waals surface area contributed by atoms with Gasteiger partial charge in [0.25, 0.3) is 0 Å². The van der Waals surface area contributed by atoms with Gasteiger partial charge in [0.05, 0.1) is 33.0 Å². The minimum Gasteiger partial charge on any atom is -0.480 e. The highest BCUT2D eigenvalue weighted by molar-refractivity contribution is 5.79. The molecule has 0 unspecified atom stereocenters. The molecule has 0 amide bonds. The molecule has 1 fully saturated rings. The lowest BCUT2D eigenvalue weighted by Crippen LogP contribution is -2.58. The number of hydrogen-bond donors (Lipinski definition) is 2. The van der Waals surface area contributed by atoms with E-state index in [1.807, 2.05) is 0 Å². The maximum Gasteiger partial charge on any atom is 0.328 e. The van der Waals surface area contributed by atoms with Crippen molar-refractivity contribution in [3.8, 4) is 12.3 Å². The van der Waals surface area contributed by atoms with Crippen LogP contribution in [0.2, 0.25) is 0 Å². The zero-order chi connectivity index (χ0) is 10.4. The molecule has 0 aliphatic carbocycles. The summed E-state index contributed by atoms with van der Waals surface area (Å²) in [4.78, 5) is 11.0. The van der Waals surface area contributed by atoms with Crippen LogP contribution < -0.4 is 5.32 Å². The molecule has 0 atom stereocenters. The molecule has 0 aromatic heterocycles. The molecule has 2 N–H and O–H groups in total. The Balaban J connectivity index is 2.68. The quantitative estimate of drug-likeness (QED) is 0.575. The lowest BCUT2D eigenvalue weighted by atomic mass is 10.0. The number of carboxylic acid groups (broad SMARTS) is 1. The van der Waals surface area contributed by atoms with Crippen LogP contribution in [0.25, 0.3) is 0 Å². The van der Waals surface area contributed by atoms with Crippen molar-refractivity contribution >= 4 is 5.97 Å². The van der Waals surface area contributed by atoms with Crippen LogP contribution in [0, 0.1) is 12.3 Å². The molecule has 1 rings (SSSR count). The summed E-state index contributed by atoms with van der Waals surface area (Å²) in [5.41, 5.74) is -1.21. The zero-order valence-electron chi connectivity index (χ0n) is 7.78. The van der Waals surface area contributed by atoms with Gasteiger partial charge in [-0.3, -0.25) is 10.1 Å². The second-order valence-electron chi connectivity index (χ2n) is 3.05. The van der Waals surface area contributed by atoms with Crippen LogP contribution >= 0.6 is 0 Å². The molecular weight excluding hydrogens is 186 g/mol. The van der Waals surface area contributed by atoms with Crippen LogP contribution in [-0.4, -0.2) is 49.6 Å². The largest absolute Gasteiger partial charge is 0.480 e. The number of aliphatic carboxylic acids is 1. The van der Waals surface area contributed by atoms with E-state index < -0.39 is 11.5 Å². The molecule has 78 valence electrons. The average molecular weight is 199 g/mol. The molecule has 1 aliphatic rings. The second kappa shape index (κ2) is 4.96. The van der Waals surface area contributed by atoms with Crippen molar-refractivity contribution in [2.45, 2.75) is 5.54 Å². The van der Waals surface area contributed by atoms with Crippen LogP contribution in [0.4, 0.5) is 0 Å². The van der Waals surface area contributed by atoms with E-state index in [4.69, 9.17) is 21.0 Å². The fraction of sp³-hybridized carbons (Fsp3) is 0.667. The van der Waals surface area contributed by atoms with Crippen LogP contribution in [0.3, 0.4) is 0 Å². The molecule has 5 heteroatoms. The number of rotatable bonds is 3. The Morgan fingerprint density at radius 1 is 1.50 bits per heavy atom. The SMILES string of the molecule is C#CCNC1(C(=O)O)COCCOC1. The molecule has 1 aliphatic heterocycles. The third kappa shape index (κ3) is 2.45. The van der Waals surface area contributed by atoms with Gasteiger partial charge < -0.3 is 14.6 Å². The predicted octanol–water partition coefficient (Wildman–Crippen LogP) is -0.921. The normalized spacial score (nSPS) is 20.8. The first-order valence-electron chi connectivity index (χ1n) is 4.29. The summed E-state index contributed by atoms with van der Waals surface area (Å²) < 4.78 is 10.3. The first-order valence-corrected chi connectivity index (χ1v) is 4.29. The standard InChI is InChI=1S/C9H13NO4/c1-2-3-10-9(8(11)12)6-13-4-5-14-7-9/h1,10H,3-7H2,(H,11,12). The Hall–Kier alpha value is -1.09. The maximum atomic E-state index is 11.0. The number of terminal acetylenes is 1. The summed E-state index contributed by atoms with van der Waals surface area (Å²) in [6, 6.07) is 0. The monoisotopic (exact) mass is 199 g/mol. The van der Waals surface area contributed by atoms with Gasteiger partial charge in [-0.2, -0.15) is 0 Å². The Bertz CT molecular complexity index is 238. The van der Waals surface area contributed by atoms with E-state index in [1.165, 1.54) is 0 Å². The van der Waals surface area contributed by atoms with Gasteiger partial charge in [-0.25, -0.2) is 0 Å². The van der Waals surface area contributed by atoms with Crippen molar-refractivity contribution in [2.75, 3.05) is 33.0 Å². The summed E-state index contributed by atoms with van der Waals surface area (Å²) in [6.07, 6.45) is 5.06. The van der Waals surface area contributed by atoms with Crippen LogP contribution in [-0.2, 0) is 14.3 Å². The van der Waals surface area contributed by atoms with Crippen LogP contribution in [0.15, 0.2) is 0 Å². The zero-order valence-corrected chi connectivity index (χ0v) is 7.78. The second-order valence-corrected chi connectivity index (χ2v) is 3.05. The lowest BCUT2D eigenvalue weighted by Gasteiger charge is -2.26. The molecule has 0 bridgehead atoms. The van der Waals surface area contributed by atoms with E-state index in [2.05, 4.69) is 11.2 Å².